The minimum Gasteiger partial charge on any atom is -0.0807 e. The molecule has 0 spiro atoms. The van der Waals surface area contributed by atoms with Crippen LogP contribution in [0.25, 0.3) is 12.2 Å². The van der Waals surface area contributed by atoms with Crippen LogP contribution in [-0.2, 0) is 0 Å². The van der Waals surface area contributed by atoms with Crippen LogP contribution in [0, 0.1) is 0 Å². The summed E-state index contributed by atoms with van der Waals surface area (Å²) in [5, 5.41) is 2.61. The lowest BCUT2D eigenvalue weighted by Crippen LogP contribution is -2.22. The van der Waals surface area contributed by atoms with Gasteiger partial charge in [-0.3, -0.25) is 0 Å². The van der Waals surface area contributed by atoms with Gasteiger partial charge < -0.3 is 0 Å². The highest BCUT2D eigenvalue weighted by atomic mass is 13.9. The molecule has 0 nitrogen and oxygen atoms in total. The molecule has 2 rings (SSSR count). The van der Waals surface area contributed by atoms with Crippen LogP contribution < -0.4 is 10.4 Å². The molecule has 0 heteroatoms. The summed E-state index contributed by atoms with van der Waals surface area (Å²) < 4.78 is 0. The average Bonchev–Trinajstić information content (AvgIpc) is 2.28. The van der Waals surface area contributed by atoms with Crippen LogP contribution in [0.5, 0.6) is 0 Å². The largest absolute Gasteiger partial charge is 0.0807 e. The van der Waals surface area contributed by atoms with Crippen molar-refractivity contribution in [1.29, 1.82) is 0 Å². The van der Waals surface area contributed by atoms with Crippen molar-refractivity contribution < 1.29 is 0 Å². The molecule has 0 atom stereocenters. The fourth-order valence-corrected chi connectivity index (χ4v) is 1.42. The van der Waals surface area contributed by atoms with Gasteiger partial charge in [0.1, 0.15) is 0 Å². The van der Waals surface area contributed by atoms with Gasteiger partial charge in [0.2, 0.25) is 0 Å². The molecule has 0 unspecified atom stereocenters. The molecule has 1 aromatic carbocycles. The van der Waals surface area contributed by atoms with Crippen molar-refractivity contribution >= 4 is 12.2 Å². The van der Waals surface area contributed by atoms with Gasteiger partial charge in [0.15, 0.2) is 0 Å². The number of allylic oxidation sites excluding steroid dienone is 4. The van der Waals surface area contributed by atoms with Crippen LogP contribution in [0.3, 0.4) is 0 Å². The van der Waals surface area contributed by atoms with Gasteiger partial charge in [-0.25, -0.2) is 0 Å². The van der Waals surface area contributed by atoms with E-state index in [9.17, 15) is 0 Å². The first kappa shape index (κ1) is 8.06. The summed E-state index contributed by atoms with van der Waals surface area (Å²) in [7, 11) is 0. The Morgan fingerprint density at radius 3 is 2.62 bits per heavy atom. The standard InChI is InChI=1S/C13H12/c1-2-4-8-12-10-6-7-11-13(12)9-5-3-1/h1-4,6-11H,5H2/b3-1?,4-2-,12-8-,13-9-. The molecule has 0 fully saturated rings. The van der Waals surface area contributed by atoms with Crippen molar-refractivity contribution in [3.05, 3.63) is 59.0 Å². The molecule has 0 radical (unpaired) electrons. The first-order valence-corrected chi connectivity index (χ1v) is 4.55. The summed E-state index contributed by atoms with van der Waals surface area (Å²) in [6, 6.07) is 8.44. The van der Waals surface area contributed by atoms with Crippen LogP contribution >= 0.6 is 0 Å². The Balaban J connectivity index is 2.67. The highest BCUT2D eigenvalue weighted by molar-refractivity contribution is 5.42. The Labute approximate surface area is 78.2 Å². The summed E-state index contributed by atoms with van der Waals surface area (Å²) in [6.07, 6.45) is 13.8. The molecule has 1 aliphatic rings. The minimum absolute atomic E-state index is 1.01. The summed E-state index contributed by atoms with van der Waals surface area (Å²) in [5.74, 6) is 0. The zero-order valence-corrected chi connectivity index (χ0v) is 7.48. The molecule has 0 amide bonds. The average molecular weight is 168 g/mol. The zero-order valence-electron chi connectivity index (χ0n) is 7.48. The number of fused-ring (bicyclic) bond motifs is 1. The fourth-order valence-electron chi connectivity index (χ4n) is 1.42. The van der Waals surface area contributed by atoms with E-state index in [1.807, 2.05) is 0 Å². The number of rotatable bonds is 0. The van der Waals surface area contributed by atoms with Gasteiger partial charge in [-0.2, -0.15) is 0 Å². The van der Waals surface area contributed by atoms with E-state index in [1.54, 1.807) is 0 Å². The third-order valence-corrected chi connectivity index (χ3v) is 2.10. The highest BCUT2D eigenvalue weighted by Crippen LogP contribution is 1.88. The molecule has 0 N–H and O–H groups in total. The molecule has 1 aliphatic carbocycles. The molecule has 0 heterocycles. The number of benzene rings is 1. The Hall–Kier alpha value is -1.56. The second-order valence-electron chi connectivity index (χ2n) is 3.05. The summed E-state index contributed by atoms with van der Waals surface area (Å²) in [5.41, 5.74) is 0. The van der Waals surface area contributed by atoms with Gasteiger partial charge in [-0.05, 0) is 16.9 Å². The van der Waals surface area contributed by atoms with Crippen molar-refractivity contribution in [2.24, 2.45) is 0 Å². The molecule has 0 bridgehead atoms. The van der Waals surface area contributed by atoms with E-state index in [0.29, 0.717) is 0 Å². The van der Waals surface area contributed by atoms with E-state index in [1.165, 1.54) is 10.4 Å². The van der Waals surface area contributed by atoms with Crippen molar-refractivity contribution in [1.82, 2.24) is 0 Å². The second-order valence-corrected chi connectivity index (χ2v) is 3.05. The van der Waals surface area contributed by atoms with E-state index in [4.69, 9.17) is 0 Å². The predicted molar refractivity (Wildman–Crippen MR) is 57.5 cm³/mol. The van der Waals surface area contributed by atoms with Crippen LogP contribution in [0.2, 0.25) is 0 Å². The van der Waals surface area contributed by atoms with Gasteiger partial charge in [0, 0.05) is 0 Å². The molecule has 0 saturated carbocycles. The highest BCUT2D eigenvalue weighted by Gasteiger charge is 1.83. The third kappa shape index (κ3) is 1.97. The molecule has 0 saturated heterocycles. The molecule has 0 aromatic heterocycles. The Kier molecular flexibility index (Phi) is 2.42. The van der Waals surface area contributed by atoms with Gasteiger partial charge in [-0.1, -0.05) is 60.7 Å². The number of hydrogen-bond acceptors (Lipinski definition) is 0. The quantitative estimate of drug-likeness (QED) is 0.554. The number of hydrogen-bond donors (Lipinski definition) is 0. The predicted octanol–water partition coefficient (Wildman–Crippen LogP) is 1.76. The normalized spacial score (nSPS) is 22.2. The van der Waals surface area contributed by atoms with Crippen molar-refractivity contribution in [2.45, 2.75) is 6.42 Å². The van der Waals surface area contributed by atoms with Crippen molar-refractivity contribution in [3.63, 3.8) is 0 Å². The lowest BCUT2D eigenvalue weighted by molar-refractivity contribution is 1.43. The van der Waals surface area contributed by atoms with Crippen LogP contribution in [-0.4, -0.2) is 0 Å². The zero-order chi connectivity index (χ0) is 8.93. The third-order valence-electron chi connectivity index (χ3n) is 2.10. The maximum atomic E-state index is 2.25. The second kappa shape index (κ2) is 3.90. The minimum atomic E-state index is 1.01. The Bertz CT molecular complexity index is 447. The van der Waals surface area contributed by atoms with Crippen LogP contribution in [0.4, 0.5) is 0 Å². The van der Waals surface area contributed by atoms with Gasteiger partial charge in [0.05, 0.1) is 0 Å². The van der Waals surface area contributed by atoms with Gasteiger partial charge in [-0.15, -0.1) is 0 Å². The van der Waals surface area contributed by atoms with Crippen molar-refractivity contribution in [3.8, 4) is 0 Å². The molecule has 13 heavy (non-hydrogen) atoms. The van der Waals surface area contributed by atoms with E-state index in [-0.39, 0.29) is 0 Å². The summed E-state index contributed by atoms with van der Waals surface area (Å²) >= 11 is 0. The maximum Gasteiger partial charge on any atom is -0.0157 e. The van der Waals surface area contributed by atoms with Crippen LogP contribution in [0.15, 0.2) is 48.6 Å². The molecular formula is C13H12. The van der Waals surface area contributed by atoms with E-state index >= 15 is 0 Å². The topological polar surface area (TPSA) is 0 Å². The lowest BCUT2D eigenvalue weighted by Gasteiger charge is -1.87. The van der Waals surface area contributed by atoms with E-state index < -0.39 is 0 Å². The van der Waals surface area contributed by atoms with Gasteiger partial charge >= 0.3 is 0 Å². The molecule has 1 aromatic rings. The summed E-state index contributed by atoms with van der Waals surface area (Å²) in [6.45, 7) is 0. The van der Waals surface area contributed by atoms with E-state index in [0.717, 1.165) is 6.42 Å². The van der Waals surface area contributed by atoms with Crippen molar-refractivity contribution in [2.75, 3.05) is 0 Å². The fraction of sp³-hybridized carbons (Fsp3) is 0.0769. The first-order chi connectivity index (χ1) is 6.47. The van der Waals surface area contributed by atoms with E-state index in [2.05, 4.69) is 60.7 Å². The monoisotopic (exact) mass is 168 g/mol. The SMILES string of the molecule is C1=CC/C=c2/cccc/c2=C/C=C\1. The maximum absolute atomic E-state index is 2.25. The molecular weight excluding hydrogens is 156 g/mol. The first-order valence-electron chi connectivity index (χ1n) is 4.55. The Morgan fingerprint density at radius 2 is 1.69 bits per heavy atom. The smallest absolute Gasteiger partial charge is 0.0157 e. The lowest BCUT2D eigenvalue weighted by atomic mass is 10.2. The summed E-state index contributed by atoms with van der Waals surface area (Å²) in [4.78, 5) is 0. The molecule has 0 aliphatic heterocycles. The Morgan fingerprint density at radius 1 is 0.846 bits per heavy atom. The van der Waals surface area contributed by atoms with Crippen LogP contribution in [0.1, 0.15) is 6.42 Å². The molecule has 64 valence electrons. The van der Waals surface area contributed by atoms with Gasteiger partial charge in [0.25, 0.3) is 0 Å².